The van der Waals surface area contributed by atoms with Gasteiger partial charge in [-0.05, 0) is 12.8 Å². The average molecular weight is 236 g/mol. The Hall–Kier alpha value is -0.660. The molecule has 0 radical (unpaired) electrons. The third-order valence-corrected chi connectivity index (χ3v) is 3.91. The number of hydrogen-bond donors (Lipinski definition) is 2. The van der Waals surface area contributed by atoms with Gasteiger partial charge in [0.1, 0.15) is 0 Å². The summed E-state index contributed by atoms with van der Waals surface area (Å²) >= 11 is 0. The van der Waals surface area contributed by atoms with Gasteiger partial charge in [-0.15, -0.1) is 0 Å². The van der Waals surface area contributed by atoms with Crippen LogP contribution in [0.5, 0.6) is 0 Å². The van der Waals surface area contributed by atoms with E-state index < -0.39 is 16.6 Å². The van der Waals surface area contributed by atoms with Crippen molar-refractivity contribution < 1.29 is 18.3 Å². The molecule has 0 spiro atoms. The molecule has 1 rings (SSSR count). The summed E-state index contributed by atoms with van der Waals surface area (Å²) in [6.07, 6.45) is 1.94. The molecular formula is C8H16N2O4S. The molecule has 0 heterocycles. The van der Waals surface area contributed by atoms with Gasteiger partial charge in [-0.3, -0.25) is 4.79 Å². The maximum Gasteiger partial charge on any atom is 0.235 e. The molecule has 0 aromatic rings. The van der Waals surface area contributed by atoms with Crippen LogP contribution in [0.2, 0.25) is 0 Å². The van der Waals surface area contributed by atoms with Crippen LogP contribution in [0.1, 0.15) is 12.8 Å². The monoisotopic (exact) mass is 236 g/mol. The number of nitrogens with one attached hydrogen (secondary N) is 1. The predicted octanol–water partition coefficient (Wildman–Crippen LogP) is -1.48. The van der Waals surface area contributed by atoms with Crippen molar-refractivity contribution in [3.05, 3.63) is 0 Å². The van der Waals surface area contributed by atoms with Crippen LogP contribution in [0.25, 0.3) is 0 Å². The third-order valence-electron chi connectivity index (χ3n) is 2.13. The van der Waals surface area contributed by atoms with Gasteiger partial charge in [-0.2, -0.15) is 4.31 Å². The lowest BCUT2D eigenvalue weighted by atomic mass is 10.5. The molecule has 1 aliphatic rings. The van der Waals surface area contributed by atoms with Gasteiger partial charge in [0, 0.05) is 13.1 Å². The Kier molecular flexibility index (Phi) is 4.06. The lowest BCUT2D eigenvalue weighted by Gasteiger charge is -2.15. The zero-order valence-corrected chi connectivity index (χ0v) is 9.46. The number of likely N-dealkylation sites (N-methyl/N-ethyl adjacent to an activating group) is 1. The Morgan fingerprint density at radius 1 is 1.53 bits per heavy atom. The molecule has 15 heavy (non-hydrogen) atoms. The van der Waals surface area contributed by atoms with Gasteiger partial charge in [0.25, 0.3) is 0 Å². The second-order valence-corrected chi connectivity index (χ2v) is 5.83. The molecule has 0 atom stereocenters. The molecule has 0 aliphatic heterocycles. The minimum absolute atomic E-state index is 0.182. The number of nitrogens with zero attached hydrogens (tertiary/aromatic N) is 1. The fourth-order valence-electron chi connectivity index (χ4n) is 1.07. The first-order chi connectivity index (χ1) is 6.95. The largest absolute Gasteiger partial charge is 0.395 e. The van der Waals surface area contributed by atoms with Gasteiger partial charge in [0.2, 0.25) is 15.9 Å². The van der Waals surface area contributed by atoms with E-state index in [0.717, 1.165) is 17.1 Å². The van der Waals surface area contributed by atoms with Crippen LogP contribution in [-0.4, -0.2) is 55.7 Å². The zero-order valence-electron chi connectivity index (χ0n) is 8.64. The van der Waals surface area contributed by atoms with Crippen LogP contribution >= 0.6 is 0 Å². The molecule has 6 nitrogen and oxygen atoms in total. The molecule has 88 valence electrons. The highest BCUT2D eigenvalue weighted by molar-refractivity contribution is 7.89. The van der Waals surface area contributed by atoms with E-state index in [4.69, 9.17) is 5.11 Å². The van der Waals surface area contributed by atoms with Crippen molar-refractivity contribution in [1.29, 1.82) is 0 Å². The Bertz CT molecular complexity index is 324. The number of sulfonamides is 1. The van der Waals surface area contributed by atoms with Crippen molar-refractivity contribution in [3.63, 3.8) is 0 Å². The maximum atomic E-state index is 11.4. The molecule has 1 amide bonds. The van der Waals surface area contributed by atoms with Crippen LogP contribution in [-0.2, 0) is 14.8 Å². The molecule has 0 bridgehead atoms. The van der Waals surface area contributed by atoms with Crippen molar-refractivity contribution in [1.82, 2.24) is 9.62 Å². The van der Waals surface area contributed by atoms with Crippen LogP contribution < -0.4 is 5.32 Å². The van der Waals surface area contributed by atoms with E-state index in [-0.39, 0.29) is 24.2 Å². The fourth-order valence-corrected chi connectivity index (χ4v) is 1.93. The smallest absolute Gasteiger partial charge is 0.235 e. The van der Waals surface area contributed by atoms with Crippen molar-refractivity contribution >= 4 is 15.9 Å². The molecule has 0 unspecified atom stereocenters. The number of rotatable bonds is 6. The van der Waals surface area contributed by atoms with E-state index in [1.165, 1.54) is 7.05 Å². The summed E-state index contributed by atoms with van der Waals surface area (Å²) < 4.78 is 23.7. The average Bonchev–Trinajstić information content (AvgIpc) is 2.87. The minimum atomic E-state index is -3.50. The standard InChI is InChI=1S/C8H16N2O4S/c1-10(15(13,14)5-4-11)6-8(12)9-7-2-3-7/h7,11H,2-6H2,1H3,(H,9,12). The lowest BCUT2D eigenvalue weighted by Crippen LogP contribution is -2.40. The molecular weight excluding hydrogens is 220 g/mol. The van der Waals surface area contributed by atoms with Gasteiger partial charge in [-0.1, -0.05) is 0 Å². The molecule has 1 fully saturated rings. The van der Waals surface area contributed by atoms with E-state index in [1.54, 1.807) is 0 Å². The molecule has 1 aliphatic carbocycles. The normalized spacial score (nSPS) is 16.7. The first kappa shape index (κ1) is 12.4. The van der Waals surface area contributed by atoms with E-state index in [1.807, 2.05) is 0 Å². The molecule has 7 heteroatoms. The maximum absolute atomic E-state index is 11.4. The first-order valence-electron chi connectivity index (χ1n) is 4.80. The highest BCUT2D eigenvalue weighted by atomic mass is 32.2. The van der Waals surface area contributed by atoms with Gasteiger partial charge < -0.3 is 10.4 Å². The van der Waals surface area contributed by atoms with Crippen molar-refractivity contribution in [2.24, 2.45) is 0 Å². The van der Waals surface area contributed by atoms with Crippen LogP contribution in [0.3, 0.4) is 0 Å². The SMILES string of the molecule is CN(CC(=O)NC1CC1)S(=O)(=O)CCO. The van der Waals surface area contributed by atoms with E-state index in [2.05, 4.69) is 5.32 Å². The molecule has 1 saturated carbocycles. The zero-order chi connectivity index (χ0) is 11.5. The summed E-state index contributed by atoms with van der Waals surface area (Å²) in [5.41, 5.74) is 0. The van der Waals surface area contributed by atoms with Crippen LogP contribution in [0.15, 0.2) is 0 Å². The van der Waals surface area contributed by atoms with Crippen LogP contribution in [0.4, 0.5) is 0 Å². The molecule has 0 aromatic carbocycles. The van der Waals surface area contributed by atoms with Gasteiger partial charge >= 0.3 is 0 Å². The van der Waals surface area contributed by atoms with Gasteiger partial charge in [-0.25, -0.2) is 8.42 Å². The molecule has 0 aromatic heterocycles. The third kappa shape index (κ3) is 4.15. The number of aliphatic hydroxyl groups is 1. The Labute approximate surface area is 89.3 Å². The van der Waals surface area contributed by atoms with Gasteiger partial charge in [0.15, 0.2) is 0 Å². The summed E-state index contributed by atoms with van der Waals surface area (Å²) in [5.74, 6) is -0.637. The first-order valence-corrected chi connectivity index (χ1v) is 6.41. The quantitative estimate of drug-likeness (QED) is 0.589. The fraction of sp³-hybridized carbons (Fsp3) is 0.875. The number of carbonyl (C=O) groups excluding carboxylic acids is 1. The summed E-state index contributed by atoms with van der Waals surface area (Å²) in [6, 6.07) is 0.228. The van der Waals surface area contributed by atoms with Crippen molar-refractivity contribution in [3.8, 4) is 0 Å². The van der Waals surface area contributed by atoms with Crippen molar-refractivity contribution in [2.45, 2.75) is 18.9 Å². The second kappa shape index (κ2) is 4.91. The van der Waals surface area contributed by atoms with E-state index in [0.29, 0.717) is 0 Å². The van der Waals surface area contributed by atoms with Crippen molar-refractivity contribution in [2.75, 3.05) is 26.0 Å². The summed E-state index contributed by atoms with van der Waals surface area (Å²) in [4.78, 5) is 11.3. The van der Waals surface area contributed by atoms with E-state index >= 15 is 0 Å². The molecule has 2 N–H and O–H groups in total. The lowest BCUT2D eigenvalue weighted by molar-refractivity contribution is -0.121. The summed E-state index contributed by atoms with van der Waals surface area (Å²) in [5, 5.41) is 11.2. The highest BCUT2D eigenvalue weighted by Gasteiger charge is 2.25. The Morgan fingerprint density at radius 2 is 2.13 bits per heavy atom. The van der Waals surface area contributed by atoms with Crippen LogP contribution in [0, 0.1) is 0 Å². The predicted molar refractivity (Wildman–Crippen MR) is 54.7 cm³/mol. The Morgan fingerprint density at radius 3 is 2.60 bits per heavy atom. The molecule has 0 saturated heterocycles. The van der Waals surface area contributed by atoms with E-state index in [9.17, 15) is 13.2 Å². The summed E-state index contributed by atoms with van der Waals surface area (Å²) in [6.45, 7) is -0.615. The second-order valence-electron chi connectivity index (χ2n) is 3.64. The highest BCUT2D eigenvalue weighted by Crippen LogP contribution is 2.18. The summed E-state index contributed by atoms with van der Waals surface area (Å²) in [7, 11) is -2.17. The number of amides is 1. The number of hydrogen-bond acceptors (Lipinski definition) is 4. The number of carbonyl (C=O) groups is 1. The Balaban J connectivity index is 2.38. The minimum Gasteiger partial charge on any atom is -0.395 e. The topological polar surface area (TPSA) is 86.7 Å². The number of aliphatic hydroxyl groups excluding tert-OH is 1. The van der Waals surface area contributed by atoms with Gasteiger partial charge in [0.05, 0.1) is 18.9 Å².